The van der Waals surface area contributed by atoms with E-state index in [1.165, 1.54) is 0 Å². The van der Waals surface area contributed by atoms with E-state index >= 15 is 0 Å². The molecule has 18 heavy (non-hydrogen) atoms. The predicted octanol–water partition coefficient (Wildman–Crippen LogP) is 0.630. The molecule has 1 aliphatic carbocycles. The third kappa shape index (κ3) is 2.66. The fourth-order valence-electron chi connectivity index (χ4n) is 2.43. The van der Waals surface area contributed by atoms with Crippen LogP contribution in [0.4, 0.5) is 0 Å². The van der Waals surface area contributed by atoms with Gasteiger partial charge in [-0.15, -0.1) is 5.10 Å². The van der Waals surface area contributed by atoms with Crippen LogP contribution in [-0.2, 0) is 4.79 Å². The number of carbonyl (C=O) groups is 2. The first-order chi connectivity index (χ1) is 8.51. The van der Waals surface area contributed by atoms with Crippen molar-refractivity contribution in [1.82, 2.24) is 20.5 Å². The molecule has 0 saturated heterocycles. The molecule has 1 saturated carbocycles. The van der Waals surface area contributed by atoms with E-state index in [2.05, 4.69) is 20.5 Å². The molecule has 1 heterocycles. The Morgan fingerprint density at radius 2 is 2.11 bits per heavy atom. The Balaban J connectivity index is 2.09. The summed E-state index contributed by atoms with van der Waals surface area (Å²) in [5, 5.41) is 18.1. The summed E-state index contributed by atoms with van der Waals surface area (Å²) in [5.41, 5.74) is -0.641. The number of carboxylic acids is 1. The number of aromatic nitrogens is 3. The Kier molecular flexibility index (Phi) is 3.31. The summed E-state index contributed by atoms with van der Waals surface area (Å²) >= 11 is 0. The summed E-state index contributed by atoms with van der Waals surface area (Å²) in [5.74, 6) is -0.700. The first-order valence-electron chi connectivity index (χ1n) is 5.94. The Morgan fingerprint density at radius 3 is 2.61 bits per heavy atom. The van der Waals surface area contributed by atoms with Crippen LogP contribution in [-0.4, -0.2) is 37.7 Å². The Labute approximate surface area is 104 Å². The number of carbonyl (C=O) groups excluding carboxylic acids is 1. The van der Waals surface area contributed by atoms with E-state index in [0.29, 0.717) is 18.7 Å². The number of hydrogen-bond donors (Lipinski definition) is 3. The Hall–Kier alpha value is -1.92. The third-order valence-corrected chi connectivity index (χ3v) is 3.23. The molecule has 1 fully saturated rings. The number of H-pyrrole nitrogens is 1. The van der Waals surface area contributed by atoms with Crippen molar-refractivity contribution >= 4 is 11.9 Å². The molecule has 1 aliphatic rings. The van der Waals surface area contributed by atoms with Gasteiger partial charge in [-0.2, -0.15) is 0 Å². The van der Waals surface area contributed by atoms with E-state index in [9.17, 15) is 9.59 Å². The molecule has 2 rings (SSSR count). The van der Waals surface area contributed by atoms with Gasteiger partial charge in [-0.25, -0.2) is 4.98 Å². The number of aryl methyl sites for hydroxylation is 1. The van der Waals surface area contributed by atoms with E-state index in [-0.39, 0.29) is 12.2 Å². The van der Waals surface area contributed by atoms with E-state index in [0.717, 1.165) is 12.8 Å². The third-order valence-electron chi connectivity index (χ3n) is 3.23. The molecule has 0 spiro atoms. The van der Waals surface area contributed by atoms with Gasteiger partial charge in [0, 0.05) is 0 Å². The topological polar surface area (TPSA) is 108 Å². The van der Waals surface area contributed by atoms with Crippen LogP contribution >= 0.6 is 0 Å². The second kappa shape index (κ2) is 4.75. The van der Waals surface area contributed by atoms with Crippen molar-refractivity contribution < 1.29 is 14.7 Å². The molecule has 0 aromatic carbocycles. The van der Waals surface area contributed by atoms with Gasteiger partial charge in [0.25, 0.3) is 5.91 Å². The van der Waals surface area contributed by atoms with Crippen molar-refractivity contribution in [3.63, 3.8) is 0 Å². The molecular weight excluding hydrogens is 236 g/mol. The normalized spacial score (nSPS) is 17.6. The lowest BCUT2D eigenvalue weighted by Crippen LogP contribution is -2.48. The molecule has 7 heteroatoms. The van der Waals surface area contributed by atoms with Gasteiger partial charge in [0.1, 0.15) is 5.82 Å². The average Bonchev–Trinajstić information content (AvgIpc) is 2.87. The average molecular weight is 252 g/mol. The van der Waals surface area contributed by atoms with Crippen molar-refractivity contribution in [2.45, 2.75) is 44.6 Å². The van der Waals surface area contributed by atoms with Crippen molar-refractivity contribution in [2.75, 3.05) is 0 Å². The maximum Gasteiger partial charge on any atom is 0.305 e. The lowest BCUT2D eigenvalue weighted by Gasteiger charge is -2.27. The second-order valence-corrected chi connectivity index (χ2v) is 4.76. The van der Waals surface area contributed by atoms with E-state index in [4.69, 9.17) is 5.11 Å². The van der Waals surface area contributed by atoms with Crippen molar-refractivity contribution in [3.8, 4) is 0 Å². The largest absolute Gasteiger partial charge is 0.481 e. The van der Waals surface area contributed by atoms with Crippen LogP contribution in [0.1, 0.15) is 48.5 Å². The molecule has 0 atom stereocenters. The quantitative estimate of drug-likeness (QED) is 0.728. The van der Waals surface area contributed by atoms with Crippen molar-refractivity contribution in [2.24, 2.45) is 0 Å². The SMILES string of the molecule is Cc1nc(C(=O)NC2(CC(=O)O)CCCC2)n[nH]1. The van der Waals surface area contributed by atoms with E-state index in [1.807, 2.05) is 0 Å². The van der Waals surface area contributed by atoms with Gasteiger partial charge in [0.2, 0.25) is 5.82 Å². The molecule has 1 aromatic heterocycles. The van der Waals surface area contributed by atoms with Crippen LogP contribution < -0.4 is 5.32 Å². The van der Waals surface area contributed by atoms with Gasteiger partial charge >= 0.3 is 5.97 Å². The molecular formula is C11H16N4O3. The smallest absolute Gasteiger partial charge is 0.305 e. The molecule has 1 aromatic rings. The summed E-state index contributed by atoms with van der Waals surface area (Å²) in [6.45, 7) is 1.70. The summed E-state index contributed by atoms with van der Waals surface area (Å²) < 4.78 is 0. The van der Waals surface area contributed by atoms with Crippen molar-refractivity contribution in [3.05, 3.63) is 11.6 Å². The van der Waals surface area contributed by atoms with Gasteiger partial charge in [0.05, 0.1) is 12.0 Å². The summed E-state index contributed by atoms with van der Waals surface area (Å²) in [6.07, 6.45) is 3.19. The molecule has 3 N–H and O–H groups in total. The van der Waals surface area contributed by atoms with Crippen molar-refractivity contribution in [1.29, 1.82) is 0 Å². The molecule has 7 nitrogen and oxygen atoms in total. The first-order valence-corrected chi connectivity index (χ1v) is 5.94. The highest BCUT2D eigenvalue weighted by atomic mass is 16.4. The number of carboxylic acid groups (broad SMARTS) is 1. The highest BCUT2D eigenvalue weighted by Crippen LogP contribution is 2.32. The van der Waals surface area contributed by atoms with Crippen LogP contribution in [0.15, 0.2) is 0 Å². The Bertz CT molecular complexity index is 463. The summed E-state index contributed by atoms with van der Waals surface area (Å²) in [6, 6.07) is 0. The lowest BCUT2D eigenvalue weighted by molar-refractivity contribution is -0.138. The van der Waals surface area contributed by atoms with Crippen LogP contribution in [0.2, 0.25) is 0 Å². The van der Waals surface area contributed by atoms with Gasteiger partial charge in [-0.1, -0.05) is 12.8 Å². The number of nitrogens with one attached hydrogen (secondary N) is 2. The molecule has 0 aliphatic heterocycles. The Morgan fingerprint density at radius 1 is 1.44 bits per heavy atom. The van der Waals surface area contributed by atoms with Gasteiger partial charge in [-0.05, 0) is 19.8 Å². The number of aliphatic carboxylic acids is 1. The first kappa shape index (κ1) is 12.5. The zero-order valence-corrected chi connectivity index (χ0v) is 10.2. The van der Waals surface area contributed by atoms with Gasteiger partial charge in [0.15, 0.2) is 0 Å². The molecule has 98 valence electrons. The zero-order chi connectivity index (χ0) is 13.2. The molecule has 0 unspecified atom stereocenters. The van der Waals surface area contributed by atoms with Crippen LogP contribution in [0, 0.1) is 6.92 Å². The van der Waals surface area contributed by atoms with E-state index in [1.54, 1.807) is 6.92 Å². The predicted molar refractivity (Wildman–Crippen MR) is 62.0 cm³/mol. The number of rotatable bonds is 4. The van der Waals surface area contributed by atoms with Gasteiger partial charge in [-0.3, -0.25) is 14.7 Å². The highest BCUT2D eigenvalue weighted by Gasteiger charge is 2.38. The highest BCUT2D eigenvalue weighted by molar-refractivity contribution is 5.91. The monoisotopic (exact) mass is 252 g/mol. The minimum atomic E-state index is -0.900. The van der Waals surface area contributed by atoms with Crippen LogP contribution in [0.3, 0.4) is 0 Å². The number of aromatic amines is 1. The molecule has 0 radical (unpaired) electrons. The maximum absolute atomic E-state index is 12.0. The zero-order valence-electron chi connectivity index (χ0n) is 10.2. The van der Waals surface area contributed by atoms with Crippen LogP contribution in [0.5, 0.6) is 0 Å². The van der Waals surface area contributed by atoms with E-state index < -0.39 is 17.4 Å². The lowest BCUT2D eigenvalue weighted by atomic mass is 9.93. The van der Waals surface area contributed by atoms with Crippen LogP contribution in [0.25, 0.3) is 0 Å². The minimum Gasteiger partial charge on any atom is -0.481 e. The molecule has 0 bridgehead atoms. The fourth-order valence-corrected chi connectivity index (χ4v) is 2.43. The fraction of sp³-hybridized carbons (Fsp3) is 0.636. The standard InChI is InChI=1S/C11H16N4O3/c1-7-12-9(15-14-7)10(18)13-11(6-8(16)17)4-2-3-5-11/h2-6H2,1H3,(H,13,18)(H,16,17)(H,12,14,15). The molecule has 1 amide bonds. The minimum absolute atomic E-state index is 0.0534. The number of nitrogens with zero attached hydrogens (tertiary/aromatic N) is 2. The number of hydrogen-bond acceptors (Lipinski definition) is 4. The maximum atomic E-state index is 12.0. The second-order valence-electron chi connectivity index (χ2n) is 4.76. The number of amides is 1. The summed E-state index contributed by atoms with van der Waals surface area (Å²) in [4.78, 5) is 26.8. The van der Waals surface area contributed by atoms with Gasteiger partial charge < -0.3 is 10.4 Å². The summed E-state index contributed by atoms with van der Waals surface area (Å²) in [7, 11) is 0.